The van der Waals surface area contributed by atoms with Crippen molar-refractivity contribution in [2.45, 2.75) is 6.92 Å². The molecule has 0 aliphatic rings. The molecular weight excluding hydrogens is 131 g/mol. The quantitative estimate of drug-likeness (QED) is 0.176. The molecule has 0 fully saturated rings. The average molecular weight is 138 g/mol. The number of esters is 1. The molecule has 0 saturated heterocycles. The van der Waals surface area contributed by atoms with Crippen LogP contribution < -0.4 is 29.6 Å². The predicted molar refractivity (Wildman–Crippen MR) is 27.0 cm³/mol. The van der Waals surface area contributed by atoms with Crippen molar-refractivity contribution >= 4 is 11.8 Å². The van der Waals surface area contributed by atoms with Crippen LogP contribution in [-0.2, 0) is 14.3 Å². The zero-order valence-electron chi connectivity index (χ0n) is 5.80. The summed E-state index contributed by atoms with van der Waals surface area (Å²) in [5, 5.41) is 0. The van der Waals surface area contributed by atoms with Crippen molar-refractivity contribution in [2.75, 3.05) is 7.11 Å². The van der Waals surface area contributed by atoms with E-state index in [0.29, 0.717) is 0 Å². The molecule has 9 heavy (non-hydrogen) atoms. The van der Waals surface area contributed by atoms with Gasteiger partial charge in [-0.25, -0.2) is 6.42 Å². The zero-order chi connectivity index (χ0) is 6.57. The Labute approximate surface area is 76.0 Å². The van der Waals surface area contributed by atoms with Crippen LogP contribution >= 0.6 is 0 Å². The average Bonchev–Trinajstić information content (AvgIpc) is 1.65. The van der Waals surface area contributed by atoms with E-state index in [4.69, 9.17) is 0 Å². The van der Waals surface area contributed by atoms with Crippen molar-refractivity contribution in [1.82, 2.24) is 0 Å². The van der Waals surface area contributed by atoms with Gasteiger partial charge < -0.3 is 9.53 Å². The van der Waals surface area contributed by atoms with Gasteiger partial charge in [0.2, 0.25) is 0 Å². The first kappa shape index (κ1) is 11.8. The molecule has 0 bridgehead atoms. The third kappa shape index (κ3) is 8.01. The van der Waals surface area contributed by atoms with Crippen LogP contribution in [0.4, 0.5) is 0 Å². The van der Waals surface area contributed by atoms with Crippen LogP contribution in [0, 0.1) is 6.42 Å². The van der Waals surface area contributed by atoms with E-state index in [-0.39, 0.29) is 35.3 Å². The molecule has 0 rings (SSSR count). The summed E-state index contributed by atoms with van der Waals surface area (Å²) >= 11 is 0. The molecule has 0 saturated carbocycles. The Hall–Kier alpha value is 0.0100. The largest absolute Gasteiger partial charge is 1.00 e. The summed E-state index contributed by atoms with van der Waals surface area (Å²) in [5.41, 5.74) is 0. The van der Waals surface area contributed by atoms with E-state index in [1.54, 1.807) is 0 Å². The second-order valence-electron chi connectivity index (χ2n) is 1.28. The van der Waals surface area contributed by atoms with Gasteiger partial charge in [-0.05, 0) is 6.92 Å². The smallest absolute Gasteiger partial charge is 0.491 e. The van der Waals surface area contributed by atoms with E-state index < -0.39 is 5.97 Å². The van der Waals surface area contributed by atoms with E-state index in [9.17, 15) is 9.59 Å². The van der Waals surface area contributed by atoms with Gasteiger partial charge in [0.1, 0.15) is 0 Å². The fourth-order valence-corrected chi connectivity index (χ4v) is 0.225. The number of ketones is 1. The summed E-state index contributed by atoms with van der Waals surface area (Å²) in [6.07, 6.45) is 0.889. The first-order valence-electron chi connectivity index (χ1n) is 2.10. The van der Waals surface area contributed by atoms with Crippen LogP contribution in [0.5, 0.6) is 0 Å². The molecule has 0 aliphatic carbocycles. The van der Waals surface area contributed by atoms with Crippen LogP contribution in [0.15, 0.2) is 0 Å². The summed E-state index contributed by atoms with van der Waals surface area (Å²) in [5.74, 6) is -0.894. The fourth-order valence-electron chi connectivity index (χ4n) is 0.225. The second-order valence-corrected chi connectivity index (χ2v) is 1.28. The second kappa shape index (κ2) is 6.13. The summed E-state index contributed by atoms with van der Waals surface area (Å²) in [6.45, 7) is 1.29. The minimum atomic E-state index is -0.600. The Morgan fingerprint density at radius 2 is 1.89 bits per heavy atom. The number of carbonyl (C=O) groups is 2. The molecule has 0 spiro atoms. The number of methoxy groups -OCH3 is 1. The van der Waals surface area contributed by atoms with Gasteiger partial charge >= 0.3 is 29.6 Å². The molecule has 4 heteroatoms. The van der Waals surface area contributed by atoms with Crippen molar-refractivity contribution in [1.29, 1.82) is 0 Å². The maximum atomic E-state index is 10.1. The summed E-state index contributed by atoms with van der Waals surface area (Å²) in [4.78, 5) is 20.2. The molecule has 3 nitrogen and oxygen atoms in total. The van der Waals surface area contributed by atoms with Gasteiger partial charge in [0.25, 0.3) is 0 Å². The standard InChI is InChI=1S/C5H7O3.Na/c1-4(6)3-5(7)8-2;/h3H,1-2H3;/q-1;+1. The van der Waals surface area contributed by atoms with Gasteiger partial charge in [-0.2, -0.15) is 0 Å². The van der Waals surface area contributed by atoms with Gasteiger partial charge in [0, 0.05) is 5.78 Å². The maximum Gasteiger partial charge on any atom is 1.00 e. The molecule has 0 unspecified atom stereocenters. The minimum Gasteiger partial charge on any atom is -0.491 e. The van der Waals surface area contributed by atoms with Crippen LogP contribution in [0.1, 0.15) is 6.92 Å². The zero-order valence-corrected chi connectivity index (χ0v) is 7.80. The van der Waals surface area contributed by atoms with E-state index >= 15 is 0 Å². The molecule has 0 amide bonds. The van der Waals surface area contributed by atoms with Crippen molar-refractivity contribution in [2.24, 2.45) is 0 Å². The molecule has 0 aromatic rings. The number of rotatable bonds is 2. The topological polar surface area (TPSA) is 43.4 Å². The first-order valence-corrected chi connectivity index (χ1v) is 2.10. The summed E-state index contributed by atoms with van der Waals surface area (Å²) in [6, 6.07) is 0. The molecular formula is C5H7NaO3. The van der Waals surface area contributed by atoms with E-state index in [2.05, 4.69) is 4.74 Å². The maximum absolute atomic E-state index is 10.1. The number of hydrogen-bond acceptors (Lipinski definition) is 3. The molecule has 0 aromatic carbocycles. The number of hydrogen-bond donors (Lipinski definition) is 0. The molecule has 0 heterocycles. The predicted octanol–water partition coefficient (Wildman–Crippen LogP) is -3.04. The Bertz CT molecular complexity index is 111. The van der Waals surface area contributed by atoms with Gasteiger partial charge in [-0.15, -0.1) is 0 Å². The van der Waals surface area contributed by atoms with Crippen LogP contribution in [-0.4, -0.2) is 18.9 Å². The molecule has 46 valence electrons. The minimum absolute atomic E-state index is 0. The van der Waals surface area contributed by atoms with Crippen molar-refractivity contribution in [3.8, 4) is 0 Å². The Morgan fingerprint density at radius 3 is 2.00 bits per heavy atom. The normalized spacial score (nSPS) is 6.89. The monoisotopic (exact) mass is 138 g/mol. The number of Topliss-reactive ketones (excluding diaryl/α,β-unsaturated/α-hetero) is 1. The molecule has 0 N–H and O–H groups in total. The number of ether oxygens (including phenoxy) is 1. The van der Waals surface area contributed by atoms with E-state index in [1.165, 1.54) is 14.0 Å². The van der Waals surface area contributed by atoms with Crippen molar-refractivity contribution in [3.63, 3.8) is 0 Å². The Kier molecular flexibility index (Phi) is 8.02. The number of carbonyl (C=O) groups excluding carboxylic acids is 2. The van der Waals surface area contributed by atoms with E-state index in [1.807, 2.05) is 0 Å². The van der Waals surface area contributed by atoms with Gasteiger partial charge in [-0.3, -0.25) is 4.79 Å². The SMILES string of the molecule is COC(=O)[CH-]C(C)=O.[Na+]. The van der Waals surface area contributed by atoms with Crippen LogP contribution in [0.2, 0.25) is 0 Å². The van der Waals surface area contributed by atoms with Crippen molar-refractivity contribution in [3.05, 3.63) is 6.42 Å². The summed E-state index contributed by atoms with van der Waals surface area (Å²) < 4.78 is 4.15. The third-order valence-electron chi connectivity index (χ3n) is 0.522. The summed E-state index contributed by atoms with van der Waals surface area (Å²) in [7, 11) is 1.22. The molecule has 0 radical (unpaired) electrons. The van der Waals surface area contributed by atoms with Crippen LogP contribution in [0.25, 0.3) is 0 Å². The Balaban J connectivity index is 0. The van der Waals surface area contributed by atoms with Crippen molar-refractivity contribution < 1.29 is 43.9 Å². The van der Waals surface area contributed by atoms with Crippen LogP contribution in [0.3, 0.4) is 0 Å². The van der Waals surface area contributed by atoms with Gasteiger partial charge in [0.15, 0.2) is 5.97 Å². The first-order chi connectivity index (χ1) is 3.66. The van der Waals surface area contributed by atoms with E-state index in [0.717, 1.165) is 6.42 Å². The Morgan fingerprint density at radius 1 is 1.44 bits per heavy atom. The van der Waals surface area contributed by atoms with Gasteiger partial charge in [-0.1, -0.05) is 0 Å². The third-order valence-corrected chi connectivity index (χ3v) is 0.522. The molecule has 0 atom stereocenters. The van der Waals surface area contributed by atoms with Gasteiger partial charge in [0.05, 0.1) is 7.11 Å². The fraction of sp³-hybridized carbons (Fsp3) is 0.400. The molecule has 0 aliphatic heterocycles. The molecule has 0 aromatic heterocycles.